The van der Waals surface area contributed by atoms with E-state index in [4.69, 9.17) is 0 Å². The lowest BCUT2D eigenvalue weighted by Crippen LogP contribution is -2.44. The van der Waals surface area contributed by atoms with Gasteiger partial charge in [0.15, 0.2) is 0 Å². The molecule has 1 aromatic carbocycles. The molecule has 21 heavy (non-hydrogen) atoms. The summed E-state index contributed by atoms with van der Waals surface area (Å²) in [7, 11) is 0. The second-order valence-electron chi connectivity index (χ2n) is 6.36. The van der Waals surface area contributed by atoms with Crippen molar-refractivity contribution in [3.63, 3.8) is 0 Å². The van der Waals surface area contributed by atoms with Gasteiger partial charge in [-0.25, -0.2) is 4.39 Å². The summed E-state index contributed by atoms with van der Waals surface area (Å²) < 4.78 is 13.5. The lowest BCUT2D eigenvalue weighted by Gasteiger charge is -2.41. The van der Waals surface area contributed by atoms with Gasteiger partial charge in [-0.3, -0.25) is 9.69 Å². The number of hydrogen-bond donors (Lipinski definition) is 1. The van der Waals surface area contributed by atoms with E-state index in [-0.39, 0.29) is 17.4 Å². The third kappa shape index (κ3) is 3.62. The Bertz CT molecular complexity index is 505. The molecule has 1 N–H and O–H groups in total. The number of benzene rings is 1. The van der Waals surface area contributed by atoms with Gasteiger partial charge < -0.3 is 5.32 Å². The average Bonchev–Trinajstić information content (AvgIpc) is 2.49. The van der Waals surface area contributed by atoms with Crippen molar-refractivity contribution in [1.29, 1.82) is 0 Å². The fraction of sp³-hybridized carbons (Fsp3) is 0.588. The number of nitrogens with zero attached hydrogens (tertiary/aromatic N) is 1. The fourth-order valence-corrected chi connectivity index (χ4v) is 3.78. The van der Waals surface area contributed by atoms with Crippen LogP contribution in [0.2, 0.25) is 0 Å². The number of hydrogen-bond acceptors (Lipinski definition) is 2. The van der Waals surface area contributed by atoms with Gasteiger partial charge in [0.1, 0.15) is 5.82 Å². The maximum Gasteiger partial charge on any atom is 0.238 e. The zero-order valence-corrected chi connectivity index (χ0v) is 12.4. The Labute approximate surface area is 125 Å². The summed E-state index contributed by atoms with van der Waals surface area (Å²) in [5.41, 5.74) is 0.273. The number of piperidine rings is 1. The van der Waals surface area contributed by atoms with Crippen molar-refractivity contribution in [3.8, 4) is 0 Å². The Balaban J connectivity index is 1.52. The number of anilines is 1. The van der Waals surface area contributed by atoms with Crippen LogP contribution in [0.25, 0.3) is 0 Å². The maximum atomic E-state index is 13.5. The number of carbonyl (C=O) groups excluding carboxylic acids is 1. The van der Waals surface area contributed by atoms with E-state index in [9.17, 15) is 9.18 Å². The van der Waals surface area contributed by atoms with Gasteiger partial charge in [-0.2, -0.15) is 0 Å². The highest BCUT2D eigenvalue weighted by Crippen LogP contribution is 2.35. The van der Waals surface area contributed by atoms with Crippen LogP contribution in [0.15, 0.2) is 24.3 Å². The number of amides is 1. The van der Waals surface area contributed by atoms with Gasteiger partial charge in [-0.1, -0.05) is 31.4 Å². The van der Waals surface area contributed by atoms with Crippen molar-refractivity contribution in [3.05, 3.63) is 30.1 Å². The minimum Gasteiger partial charge on any atom is -0.322 e. The number of carbonyl (C=O) groups is 1. The molecule has 1 saturated heterocycles. The topological polar surface area (TPSA) is 32.3 Å². The van der Waals surface area contributed by atoms with Gasteiger partial charge in [0.05, 0.1) is 12.2 Å². The van der Waals surface area contributed by atoms with E-state index < -0.39 is 0 Å². The molecule has 1 aliphatic heterocycles. The van der Waals surface area contributed by atoms with Crippen molar-refractivity contribution in [2.24, 2.45) is 11.8 Å². The molecule has 0 unspecified atom stereocenters. The molecule has 0 bridgehead atoms. The molecule has 3 rings (SSSR count). The molecule has 4 heteroatoms. The van der Waals surface area contributed by atoms with E-state index in [1.807, 2.05) is 0 Å². The standard InChI is InChI=1S/C17H23FN2O/c18-15-7-3-4-8-16(15)19-17(21)12-20-10-9-13-5-1-2-6-14(13)11-20/h3-4,7-8,13-14H,1-2,5-6,9-12H2,(H,19,21)/t13-,14-/m1/s1. The summed E-state index contributed by atoms with van der Waals surface area (Å²) in [6, 6.07) is 6.31. The summed E-state index contributed by atoms with van der Waals surface area (Å²) >= 11 is 0. The predicted molar refractivity (Wildman–Crippen MR) is 81.5 cm³/mol. The van der Waals surface area contributed by atoms with Gasteiger partial charge in [0.2, 0.25) is 5.91 Å². The van der Waals surface area contributed by atoms with Crippen LogP contribution in [0.4, 0.5) is 10.1 Å². The monoisotopic (exact) mass is 290 g/mol. The molecule has 1 heterocycles. The van der Waals surface area contributed by atoms with Crippen molar-refractivity contribution in [1.82, 2.24) is 4.90 Å². The first-order valence-electron chi connectivity index (χ1n) is 7.99. The predicted octanol–water partition coefficient (Wildman–Crippen LogP) is 3.28. The van der Waals surface area contributed by atoms with E-state index in [2.05, 4.69) is 10.2 Å². The van der Waals surface area contributed by atoms with Crippen LogP contribution in [0, 0.1) is 17.7 Å². The highest BCUT2D eigenvalue weighted by atomic mass is 19.1. The minimum atomic E-state index is -0.378. The van der Waals surface area contributed by atoms with Gasteiger partial charge in [-0.15, -0.1) is 0 Å². The smallest absolute Gasteiger partial charge is 0.238 e. The van der Waals surface area contributed by atoms with Crippen molar-refractivity contribution in [2.45, 2.75) is 32.1 Å². The molecule has 2 atom stereocenters. The zero-order valence-electron chi connectivity index (χ0n) is 12.4. The third-order valence-electron chi connectivity index (χ3n) is 4.89. The maximum absolute atomic E-state index is 13.5. The Morgan fingerprint density at radius 1 is 1.19 bits per heavy atom. The lowest BCUT2D eigenvalue weighted by molar-refractivity contribution is -0.118. The van der Waals surface area contributed by atoms with E-state index >= 15 is 0 Å². The van der Waals surface area contributed by atoms with Gasteiger partial charge in [-0.05, 0) is 43.4 Å². The molecule has 2 aliphatic rings. The highest BCUT2D eigenvalue weighted by Gasteiger charge is 2.31. The Kier molecular flexibility index (Phi) is 4.54. The average molecular weight is 290 g/mol. The van der Waals surface area contributed by atoms with Crippen LogP contribution in [-0.2, 0) is 4.79 Å². The van der Waals surface area contributed by atoms with Crippen LogP contribution in [0.5, 0.6) is 0 Å². The zero-order chi connectivity index (χ0) is 14.7. The van der Waals surface area contributed by atoms with Crippen molar-refractivity contribution >= 4 is 11.6 Å². The van der Waals surface area contributed by atoms with Crippen LogP contribution < -0.4 is 5.32 Å². The molecule has 2 fully saturated rings. The van der Waals surface area contributed by atoms with Crippen LogP contribution >= 0.6 is 0 Å². The molecule has 1 aromatic rings. The van der Waals surface area contributed by atoms with E-state index in [1.54, 1.807) is 18.2 Å². The summed E-state index contributed by atoms with van der Waals surface area (Å²) in [4.78, 5) is 14.3. The number of halogens is 1. The third-order valence-corrected chi connectivity index (χ3v) is 4.89. The normalized spacial score (nSPS) is 26.1. The quantitative estimate of drug-likeness (QED) is 0.926. The first-order chi connectivity index (χ1) is 10.2. The molecule has 1 saturated carbocycles. The van der Waals surface area contributed by atoms with Crippen LogP contribution in [0.1, 0.15) is 32.1 Å². The minimum absolute atomic E-state index is 0.116. The Morgan fingerprint density at radius 3 is 2.76 bits per heavy atom. The van der Waals surface area contributed by atoms with Crippen molar-refractivity contribution in [2.75, 3.05) is 25.0 Å². The fourth-order valence-electron chi connectivity index (χ4n) is 3.78. The number of para-hydroxylation sites is 1. The van der Waals surface area contributed by atoms with Gasteiger partial charge >= 0.3 is 0 Å². The Hall–Kier alpha value is -1.42. The summed E-state index contributed by atoms with van der Waals surface area (Å²) in [6.07, 6.45) is 6.57. The number of likely N-dealkylation sites (tertiary alicyclic amines) is 1. The van der Waals surface area contributed by atoms with E-state index in [0.717, 1.165) is 24.9 Å². The Morgan fingerprint density at radius 2 is 1.95 bits per heavy atom. The van der Waals surface area contributed by atoms with E-state index in [1.165, 1.54) is 38.2 Å². The molecule has 1 aliphatic carbocycles. The second kappa shape index (κ2) is 6.56. The second-order valence-corrected chi connectivity index (χ2v) is 6.36. The largest absolute Gasteiger partial charge is 0.322 e. The van der Waals surface area contributed by atoms with Crippen LogP contribution in [-0.4, -0.2) is 30.4 Å². The summed E-state index contributed by atoms with van der Waals surface area (Å²) in [5.74, 6) is 1.13. The molecular weight excluding hydrogens is 267 g/mol. The van der Waals surface area contributed by atoms with E-state index in [0.29, 0.717) is 6.54 Å². The summed E-state index contributed by atoms with van der Waals surface area (Å²) in [5, 5.41) is 2.67. The molecule has 0 spiro atoms. The highest BCUT2D eigenvalue weighted by molar-refractivity contribution is 5.92. The number of rotatable bonds is 3. The SMILES string of the molecule is O=C(CN1CC[C@H]2CCCC[C@@H]2C1)Nc1ccccc1F. The van der Waals surface area contributed by atoms with Gasteiger partial charge in [0, 0.05) is 6.54 Å². The molecule has 3 nitrogen and oxygen atoms in total. The molecule has 1 amide bonds. The first-order valence-corrected chi connectivity index (χ1v) is 7.99. The molecule has 114 valence electrons. The molecule has 0 aromatic heterocycles. The lowest BCUT2D eigenvalue weighted by atomic mass is 9.75. The van der Waals surface area contributed by atoms with Crippen molar-refractivity contribution < 1.29 is 9.18 Å². The number of fused-ring (bicyclic) bond motifs is 1. The first kappa shape index (κ1) is 14.5. The number of nitrogens with one attached hydrogen (secondary N) is 1. The summed E-state index contributed by atoms with van der Waals surface area (Å²) in [6.45, 7) is 2.39. The molecular formula is C17H23FN2O. The van der Waals surface area contributed by atoms with Gasteiger partial charge in [0.25, 0.3) is 0 Å². The van der Waals surface area contributed by atoms with Crippen LogP contribution in [0.3, 0.4) is 0 Å². The molecule has 0 radical (unpaired) electrons.